The van der Waals surface area contributed by atoms with Gasteiger partial charge in [-0.25, -0.2) is 4.79 Å². The van der Waals surface area contributed by atoms with E-state index in [1.807, 2.05) is 30.3 Å². The zero-order valence-electron chi connectivity index (χ0n) is 12.1. The predicted molar refractivity (Wildman–Crippen MR) is 89.8 cm³/mol. The van der Waals surface area contributed by atoms with Gasteiger partial charge in [-0.1, -0.05) is 45.3 Å². The number of azide groups is 1. The van der Waals surface area contributed by atoms with E-state index in [0.29, 0.717) is 21.5 Å². The molecular weight excluding hydrogens is 362 g/mol. The van der Waals surface area contributed by atoms with E-state index >= 15 is 0 Å². The van der Waals surface area contributed by atoms with Crippen molar-refractivity contribution in [3.05, 3.63) is 74.7 Å². The minimum Gasteiger partial charge on any atom is -0.466 e. The molecule has 0 heterocycles. The van der Waals surface area contributed by atoms with Crippen LogP contribution >= 0.6 is 15.9 Å². The van der Waals surface area contributed by atoms with Crippen LogP contribution in [0.15, 0.2) is 63.8 Å². The van der Waals surface area contributed by atoms with Crippen LogP contribution in [0.25, 0.3) is 16.5 Å². The average Bonchev–Trinajstić information content (AvgIpc) is 2.57. The van der Waals surface area contributed by atoms with Gasteiger partial charge in [-0.3, -0.25) is 0 Å². The summed E-state index contributed by atoms with van der Waals surface area (Å²) in [7, 11) is 1.22. The van der Waals surface area contributed by atoms with Gasteiger partial charge in [0.15, 0.2) is 0 Å². The molecule has 0 aromatic heterocycles. The molecule has 0 atom stereocenters. The zero-order valence-corrected chi connectivity index (χ0v) is 13.7. The molecule has 0 saturated carbocycles. The Morgan fingerprint density at radius 2 is 1.96 bits per heavy atom. The number of hydrogen-bond donors (Lipinski definition) is 0. The first-order chi connectivity index (χ1) is 11.1. The number of hydrogen-bond acceptors (Lipinski definition) is 4. The number of para-hydroxylation sites is 1. The molecule has 0 N–H and O–H groups in total. The third-order valence-corrected chi connectivity index (χ3v) is 3.48. The molecule has 0 aliphatic heterocycles. The molecule has 0 fully saturated rings. The smallest absolute Gasteiger partial charge is 0.340 e. The lowest BCUT2D eigenvalue weighted by molar-refractivity contribution is -0.136. The Hall–Kier alpha value is -2.76. The molecule has 116 valence electrons. The molecule has 0 aliphatic carbocycles. The fourth-order valence-electron chi connectivity index (χ4n) is 1.74. The molecule has 0 aliphatic rings. The lowest BCUT2D eigenvalue weighted by atomic mass is 10.2. The highest BCUT2D eigenvalue weighted by Crippen LogP contribution is 2.28. The molecule has 0 radical (unpaired) electrons. The summed E-state index contributed by atoms with van der Waals surface area (Å²) in [6.07, 6.45) is 1.43. The van der Waals surface area contributed by atoms with E-state index in [1.165, 1.54) is 13.2 Å². The highest BCUT2D eigenvalue weighted by molar-refractivity contribution is 9.10. The number of halogens is 1. The molecule has 2 aromatic rings. The van der Waals surface area contributed by atoms with Crippen LogP contribution in [0.3, 0.4) is 0 Å². The fraction of sp³-hybridized carbons (Fsp3) is 0.0625. The highest BCUT2D eigenvalue weighted by Gasteiger charge is 2.09. The summed E-state index contributed by atoms with van der Waals surface area (Å²) in [5.41, 5.74) is 9.03. The molecule has 0 bridgehead atoms. The number of carbonyl (C=O) groups excluding carboxylic acids is 1. The standard InChI is InChI=1S/C16H12BrN3O3/c1-22-16(21)15(19-20-18)9-11-7-8-13(10-14(11)17)23-12-5-3-2-4-6-12/h2-10H,1H3/b15-9+. The van der Waals surface area contributed by atoms with Crippen molar-refractivity contribution < 1.29 is 14.3 Å². The second-order valence-electron chi connectivity index (χ2n) is 4.31. The molecule has 2 rings (SSSR count). The fourth-order valence-corrected chi connectivity index (χ4v) is 2.21. The van der Waals surface area contributed by atoms with Gasteiger partial charge in [-0.05, 0) is 41.4 Å². The lowest BCUT2D eigenvalue weighted by Gasteiger charge is -2.07. The van der Waals surface area contributed by atoms with Crippen molar-refractivity contribution in [3.8, 4) is 11.5 Å². The molecule has 6 nitrogen and oxygen atoms in total. The SMILES string of the molecule is COC(=O)/C(=C\c1ccc(Oc2ccccc2)cc1Br)N=[N+]=[N-]. The third-order valence-electron chi connectivity index (χ3n) is 2.79. The summed E-state index contributed by atoms with van der Waals surface area (Å²) >= 11 is 3.40. The molecule has 0 unspecified atom stereocenters. The van der Waals surface area contributed by atoms with Crippen LogP contribution in [0.4, 0.5) is 0 Å². The van der Waals surface area contributed by atoms with E-state index in [2.05, 4.69) is 30.7 Å². The van der Waals surface area contributed by atoms with Gasteiger partial charge >= 0.3 is 5.97 Å². The molecule has 0 spiro atoms. The summed E-state index contributed by atoms with van der Waals surface area (Å²) in [5.74, 6) is 0.634. The number of rotatable bonds is 5. The number of nitrogens with zero attached hydrogens (tertiary/aromatic N) is 3. The summed E-state index contributed by atoms with van der Waals surface area (Å²) in [5, 5.41) is 3.34. The maximum absolute atomic E-state index is 11.5. The first kappa shape index (κ1) is 16.6. The molecule has 23 heavy (non-hydrogen) atoms. The van der Waals surface area contributed by atoms with Crippen LogP contribution in [-0.4, -0.2) is 13.1 Å². The monoisotopic (exact) mass is 373 g/mol. The Bertz CT molecular complexity index is 784. The number of carbonyl (C=O) groups is 1. The number of ether oxygens (including phenoxy) is 2. The topological polar surface area (TPSA) is 84.3 Å². The number of methoxy groups -OCH3 is 1. The van der Waals surface area contributed by atoms with Gasteiger partial charge < -0.3 is 9.47 Å². The van der Waals surface area contributed by atoms with Gasteiger partial charge in [0.2, 0.25) is 0 Å². The first-order valence-electron chi connectivity index (χ1n) is 6.51. The maximum atomic E-state index is 11.5. The van der Waals surface area contributed by atoms with Gasteiger partial charge in [0.05, 0.1) is 7.11 Å². The van der Waals surface area contributed by atoms with Gasteiger partial charge in [-0.15, -0.1) is 0 Å². The Morgan fingerprint density at radius 3 is 2.57 bits per heavy atom. The van der Waals surface area contributed by atoms with Crippen LogP contribution in [0.1, 0.15) is 5.56 Å². The largest absolute Gasteiger partial charge is 0.466 e. The van der Waals surface area contributed by atoms with Crippen molar-refractivity contribution in [1.29, 1.82) is 0 Å². The number of esters is 1. The Labute approximate surface area is 141 Å². The lowest BCUT2D eigenvalue weighted by Crippen LogP contribution is -2.02. The van der Waals surface area contributed by atoms with Gasteiger partial charge in [0, 0.05) is 9.38 Å². The van der Waals surface area contributed by atoms with Gasteiger partial charge in [0.25, 0.3) is 0 Å². The normalized spacial score (nSPS) is 10.6. The second kappa shape index (κ2) is 8.03. The predicted octanol–water partition coefficient (Wildman–Crippen LogP) is 5.07. The van der Waals surface area contributed by atoms with Crippen molar-refractivity contribution in [2.75, 3.05) is 7.11 Å². The van der Waals surface area contributed by atoms with Crippen molar-refractivity contribution >= 4 is 28.0 Å². The van der Waals surface area contributed by atoms with E-state index in [-0.39, 0.29) is 5.70 Å². The summed E-state index contributed by atoms with van der Waals surface area (Å²) in [6, 6.07) is 14.6. The van der Waals surface area contributed by atoms with Crippen LogP contribution in [0, 0.1) is 0 Å². The van der Waals surface area contributed by atoms with Crippen LogP contribution in [0.5, 0.6) is 11.5 Å². The van der Waals surface area contributed by atoms with E-state index in [4.69, 9.17) is 10.3 Å². The Kier molecular flexibility index (Phi) is 5.80. The van der Waals surface area contributed by atoms with Crippen molar-refractivity contribution in [2.45, 2.75) is 0 Å². The summed E-state index contributed by atoms with van der Waals surface area (Å²) in [4.78, 5) is 14.2. The van der Waals surface area contributed by atoms with Crippen molar-refractivity contribution in [2.24, 2.45) is 5.11 Å². The van der Waals surface area contributed by atoms with E-state index < -0.39 is 5.97 Å². The van der Waals surface area contributed by atoms with E-state index in [1.54, 1.807) is 18.2 Å². The molecule has 0 amide bonds. The van der Waals surface area contributed by atoms with Crippen molar-refractivity contribution in [1.82, 2.24) is 0 Å². The van der Waals surface area contributed by atoms with Crippen LogP contribution < -0.4 is 4.74 Å². The second-order valence-corrected chi connectivity index (χ2v) is 5.16. The van der Waals surface area contributed by atoms with Crippen molar-refractivity contribution in [3.63, 3.8) is 0 Å². The van der Waals surface area contributed by atoms with E-state index in [9.17, 15) is 4.79 Å². The molecule has 7 heteroatoms. The summed E-state index contributed by atoms with van der Waals surface area (Å²) < 4.78 is 11.0. The molecule has 0 saturated heterocycles. The third kappa shape index (κ3) is 4.60. The molecular formula is C16H12BrN3O3. The Morgan fingerprint density at radius 1 is 1.22 bits per heavy atom. The van der Waals surface area contributed by atoms with Crippen LogP contribution in [0.2, 0.25) is 0 Å². The quantitative estimate of drug-likeness (QED) is 0.241. The van der Waals surface area contributed by atoms with Gasteiger partial charge in [-0.2, -0.15) is 0 Å². The minimum atomic E-state index is -0.709. The van der Waals surface area contributed by atoms with E-state index in [0.717, 1.165) is 0 Å². The first-order valence-corrected chi connectivity index (χ1v) is 7.31. The minimum absolute atomic E-state index is 0.132. The number of benzene rings is 2. The van der Waals surface area contributed by atoms with Gasteiger partial charge in [0.1, 0.15) is 17.2 Å². The van der Waals surface area contributed by atoms with Crippen LogP contribution in [-0.2, 0) is 9.53 Å². The Balaban J connectivity index is 2.28. The average molecular weight is 374 g/mol. The summed E-state index contributed by atoms with van der Waals surface area (Å²) in [6.45, 7) is 0. The molecule has 2 aromatic carbocycles. The zero-order chi connectivity index (χ0) is 16.7. The highest BCUT2D eigenvalue weighted by atomic mass is 79.9. The maximum Gasteiger partial charge on any atom is 0.340 e.